The minimum absolute atomic E-state index is 0.293. The van der Waals surface area contributed by atoms with Crippen LogP contribution in [0.3, 0.4) is 0 Å². The van der Waals surface area contributed by atoms with Crippen LogP contribution in [0, 0.1) is 5.82 Å². The Labute approximate surface area is 102 Å². The summed E-state index contributed by atoms with van der Waals surface area (Å²) in [5, 5.41) is 0. The van der Waals surface area contributed by atoms with Crippen molar-refractivity contribution in [3.63, 3.8) is 0 Å². The Hall–Kier alpha value is -1.09. The lowest BCUT2D eigenvalue weighted by molar-refractivity contribution is 0.356. The smallest absolute Gasteiger partial charge is 0.165 e. The molecule has 1 aromatic carbocycles. The number of hydrogen-bond acceptors (Lipinski definition) is 2. The van der Waals surface area contributed by atoms with Gasteiger partial charge in [0.05, 0.1) is 7.11 Å². The fourth-order valence-electron chi connectivity index (χ4n) is 2.71. The maximum absolute atomic E-state index is 13.9. The summed E-state index contributed by atoms with van der Waals surface area (Å²) >= 11 is 0. The molecule has 2 rings (SSSR count). The van der Waals surface area contributed by atoms with E-state index in [0.717, 1.165) is 43.2 Å². The Morgan fingerprint density at radius 2 is 2.00 bits per heavy atom. The molecule has 0 aliphatic heterocycles. The van der Waals surface area contributed by atoms with Crippen molar-refractivity contribution in [1.82, 2.24) is 0 Å². The fourth-order valence-corrected chi connectivity index (χ4v) is 2.71. The quantitative estimate of drug-likeness (QED) is 0.876. The van der Waals surface area contributed by atoms with E-state index in [1.165, 1.54) is 7.11 Å². The molecule has 1 aliphatic rings. The van der Waals surface area contributed by atoms with Crippen molar-refractivity contribution in [3.8, 4) is 5.75 Å². The summed E-state index contributed by atoms with van der Waals surface area (Å²) in [6, 6.07) is 3.55. The van der Waals surface area contributed by atoms with Crippen LogP contribution in [0.5, 0.6) is 5.75 Å². The number of ether oxygens (including phenoxy) is 1. The molecule has 0 amide bonds. The maximum Gasteiger partial charge on any atom is 0.165 e. The standard InChI is InChI=1S/C14H20FNO/c1-3-10-8-11(13(17-2)12(15)9-10)14(16)6-4-5-7-14/h8-9H,3-7,16H2,1-2H3. The second-order valence-corrected chi connectivity index (χ2v) is 4.88. The molecule has 1 saturated carbocycles. The molecule has 94 valence electrons. The average molecular weight is 237 g/mol. The van der Waals surface area contributed by atoms with Crippen LogP contribution < -0.4 is 10.5 Å². The Morgan fingerprint density at radius 1 is 1.35 bits per heavy atom. The second-order valence-electron chi connectivity index (χ2n) is 4.88. The van der Waals surface area contributed by atoms with Crippen LogP contribution in [0.1, 0.15) is 43.7 Å². The Balaban J connectivity index is 2.53. The van der Waals surface area contributed by atoms with Crippen molar-refractivity contribution < 1.29 is 9.13 Å². The van der Waals surface area contributed by atoms with Crippen molar-refractivity contribution in [2.24, 2.45) is 5.73 Å². The number of aryl methyl sites for hydroxylation is 1. The zero-order chi connectivity index (χ0) is 12.5. The molecule has 0 saturated heterocycles. The van der Waals surface area contributed by atoms with Gasteiger partial charge in [-0.2, -0.15) is 0 Å². The van der Waals surface area contributed by atoms with E-state index in [2.05, 4.69) is 0 Å². The molecule has 1 aliphatic carbocycles. The van der Waals surface area contributed by atoms with Gasteiger partial charge in [0.15, 0.2) is 11.6 Å². The maximum atomic E-state index is 13.9. The minimum atomic E-state index is -0.405. The highest BCUT2D eigenvalue weighted by Crippen LogP contribution is 2.42. The van der Waals surface area contributed by atoms with Crippen LogP contribution >= 0.6 is 0 Å². The second kappa shape index (κ2) is 4.65. The van der Waals surface area contributed by atoms with Gasteiger partial charge >= 0.3 is 0 Å². The van der Waals surface area contributed by atoms with Gasteiger partial charge in [-0.15, -0.1) is 0 Å². The first-order valence-corrected chi connectivity index (χ1v) is 6.26. The molecule has 17 heavy (non-hydrogen) atoms. The highest BCUT2D eigenvalue weighted by atomic mass is 19.1. The highest BCUT2D eigenvalue weighted by Gasteiger charge is 2.35. The lowest BCUT2D eigenvalue weighted by Crippen LogP contribution is -2.34. The molecule has 1 aromatic rings. The van der Waals surface area contributed by atoms with E-state index in [0.29, 0.717) is 5.75 Å². The number of methoxy groups -OCH3 is 1. The summed E-state index contributed by atoms with van der Waals surface area (Å²) in [4.78, 5) is 0. The van der Waals surface area contributed by atoms with Crippen LogP contribution in [-0.2, 0) is 12.0 Å². The number of rotatable bonds is 3. The Morgan fingerprint density at radius 3 is 2.53 bits per heavy atom. The van der Waals surface area contributed by atoms with Gasteiger partial charge in [0, 0.05) is 11.1 Å². The molecule has 0 bridgehead atoms. The van der Waals surface area contributed by atoms with Gasteiger partial charge in [0.1, 0.15) is 0 Å². The van der Waals surface area contributed by atoms with Gasteiger partial charge in [-0.1, -0.05) is 25.8 Å². The summed E-state index contributed by atoms with van der Waals surface area (Å²) < 4.78 is 19.1. The molecule has 0 unspecified atom stereocenters. The molecule has 2 nitrogen and oxygen atoms in total. The number of benzene rings is 1. The lowest BCUT2D eigenvalue weighted by Gasteiger charge is -2.27. The molecular weight excluding hydrogens is 217 g/mol. The third-order valence-corrected chi connectivity index (χ3v) is 3.75. The third kappa shape index (κ3) is 2.16. The van der Waals surface area contributed by atoms with Crippen LogP contribution in [-0.4, -0.2) is 7.11 Å². The molecule has 0 aromatic heterocycles. The van der Waals surface area contributed by atoms with E-state index in [9.17, 15) is 4.39 Å². The van der Waals surface area contributed by atoms with Gasteiger partial charge in [-0.25, -0.2) is 4.39 Å². The molecule has 0 atom stereocenters. The monoisotopic (exact) mass is 237 g/mol. The van der Waals surface area contributed by atoms with E-state index in [-0.39, 0.29) is 5.82 Å². The summed E-state index contributed by atoms with van der Waals surface area (Å²) in [6.07, 6.45) is 4.85. The number of halogens is 1. The van der Waals surface area contributed by atoms with Crippen LogP contribution in [0.2, 0.25) is 0 Å². The summed E-state index contributed by atoms with van der Waals surface area (Å²) in [5.41, 5.74) is 7.82. The predicted octanol–water partition coefficient (Wildman–Crippen LogP) is 3.12. The van der Waals surface area contributed by atoms with Gasteiger partial charge < -0.3 is 10.5 Å². The van der Waals surface area contributed by atoms with Crippen molar-refractivity contribution in [2.45, 2.75) is 44.6 Å². The van der Waals surface area contributed by atoms with Gasteiger partial charge in [0.2, 0.25) is 0 Å². The van der Waals surface area contributed by atoms with Crippen LogP contribution in [0.4, 0.5) is 4.39 Å². The molecule has 0 radical (unpaired) electrons. The van der Waals surface area contributed by atoms with E-state index >= 15 is 0 Å². The first-order chi connectivity index (χ1) is 8.10. The summed E-state index contributed by atoms with van der Waals surface area (Å²) in [7, 11) is 1.51. The predicted molar refractivity (Wildman–Crippen MR) is 66.7 cm³/mol. The Kier molecular flexibility index (Phi) is 3.38. The first kappa shape index (κ1) is 12.4. The van der Waals surface area contributed by atoms with Gasteiger partial charge in [-0.3, -0.25) is 0 Å². The minimum Gasteiger partial charge on any atom is -0.493 e. The van der Waals surface area contributed by atoms with E-state index in [1.54, 1.807) is 6.07 Å². The number of nitrogens with two attached hydrogens (primary N) is 1. The normalized spacial score (nSPS) is 18.4. The number of hydrogen-bond donors (Lipinski definition) is 1. The lowest BCUT2D eigenvalue weighted by atomic mass is 9.87. The SMILES string of the molecule is CCc1cc(F)c(OC)c(C2(N)CCCC2)c1. The molecular formula is C14H20FNO. The third-order valence-electron chi connectivity index (χ3n) is 3.75. The zero-order valence-corrected chi connectivity index (χ0v) is 10.6. The molecule has 2 N–H and O–H groups in total. The molecule has 1 fully saturated rings. The van der Waals surface area contributed by atoms with Crippen molar-refractivity contribution in [3.05, 3.63) is 29.1 Å². The summed E-state index contributed by atoms with van der Waals surface area (Å²) in [5.74, 6) is 0.0326. The van der Waals surface area contributed by atoms with Crippen LogP contribution in [0.15, 0.2) is 12.1 Å². The van der Waals surface area contributed by atoms with E-state index in [1.807, 2.05) is 13.0 Å². The van der Waals surface area contributed by atoms with E-state index in [4.69, 9.17) is 10.5 Å². The first-order valence-electron chi connectivity index (χ1n) is 6.26. The van der Waals surface area contributed by atoms with Crippen molar-refractivity contribution in [1.29, 1.82) is 0 Å². The highest BCUT2D eigenvalue weighted by molar-refractivity contribution is 5.43. The van der Waals surface area contributed by atoms with Crippen molar-refractivity contribution >= 4 is 0 Å². The Bertz CT molecular complexity index is 411. The topological polar surface area (TPSA) is 35.2 Å². The molecule has 0 heterocycles. The van der Waals surface area contributed by atoms with E-state index < -0.39 is 5.54 Å². The molecule has 0 spiro atoms. The largest absolute Gasteiger partial charge is 0.493 e. The van der Waals surface area contributed by atoms with Crippen LogP contribution in [0.25, 0.3) is 0 Å². The summed E-state index contributed by atoms with van der Waals surface area (Å²) in [6.45, 7) is 2.02. The average Bonchev–Trinajstić information content (AvgIpc) is 2.76. The molecule has 3 heteroatoms. The zero-order valence-electron chi connectivity index (χ0n) is 10.6. The fraction of sp³-hybridized carbons (Fsp3) is 0.571. The van der Waals surface area contributed by atoms with Crippen molar-refractivity contribution in [2.75, 3.05) is 7.11 Å². The van der Waals surface area contributed by atoms with Gasteiger partial charge in [0.25, 0.3) is 0 Å². The van der Waals surface area contributed by atoms with Gasteiger partial charge in [-0.05, 0) is 30.9 Å².